The summed E-state index contributed by atoms with van der Waals surface area (Å²) in [6.45, 7) is 17.2. The Morgan fingerprint density at radius 2 is 1.71 bits per heavy atom. The number of carboxylic acids is 1. The largest absolute Gasteiger partial charge is 0.505 e. The number of rotatable bonds is 12. The monoisotopic (exact) mass is 816 g/mol. The average Bonchev–Trinajstić information content (AvgIpc) is 3.65. The molecule has 0 aliphatic carbocycles. The molecule has 0 amide bonds. The topological polar surface area (TPSA) is 159 Å². The summed E-state index contributed by atoms with van der Waals surface area (Å²) in [5.74, 6) is -3.55. The second kappa shape index (κ2) is 16.9. The fourth-order valence-corrected chi connectivity index (χ4v) is 10.5. The van der Waals surface area contributed by atoms with Crippen molar-refractivity contribution in [3.63, 3.8) is 0 Å². The predicted octanol–water partition coefficient (Wildman–Crippen LogP) is 7.36. The molecule has 0 aromatic heterocycles. The third-order valence-electron chi connectivity index (χ3n) is 13.4. The molecule has 0 saturated carbocycles. The van der Waals surface area contributed by atoms with Gasteiger partial charge in [0.2, 0.25) is 0 Å². The molecule has 5 rings (SSSR count). The van der Waals surface area contributed by atoms with E-state index in [2.05, 4.69) is 27.7 Å². The lowest BCUT2D eigenvalue weighted by Crippen LogP contribution is -2.58. The van der Waals surface area contributed by atoms with E-state index in [4.69, 9.17) is 56.4 Å². The molecule has 0 radical (unpaired) electrons. The second-order valence-electron chi connectivity index (χ2n) is 17.4. The Kier molecular flexibility index (Phi) is 13.6. The van der Waals surface area contributed by atoms with E-state index in [0.29, 0.717) is 37.7 Å². The fourth-order valence-electron chi connectivity index (χ4n) is 10.0. The number of esters is 1. The molecular formula is C41H62Cl2O12. The number of aliphatic hydroxyl groups is 1. The van der Waals surface area contributed by atoms with E-state index >= 15 is 0 Å². The van der Waals surface area contributed by atoms with Crippen LogP contribution in [0.3, 0.4) is 0 Å². The maximum atomic E-state index is 13.3. The van der Waals surface area contributed by atoms with E-state index in [-0.39, 0.29) is 63.7 Å². The van der Waals surface area contributed by atoms with Crippen LogP contribution in [0.2, 0.25) is 10.0 Å². The van der Waals surface area contributed by atoms with Crippen molar-refractivity contribution in [3.05, 3.63) is 27.2 Å². The first kappa shape index (κ1) is 44.4. The van der Waals surface area contributed by atoms with E-state index in [1.165, 1.54) is 13.2 Å². The summed E-state index contributed by atoms with van der Waals surface area (Å²) in [5, 5.41) is 32.2. The van der Waals surface area contributed by atoms with Crippen LogP contribution in [0.4, 0.5) is 0 Å². The Balaban J connectivity index is 1.29. The molecule has 0 bridgehead atoms. The number of aliphatic carboxylic acids is 1. The molecule has 1 aromatic carbocycles. The second-order valence-corrected chi connectivity index (χ2v) is 18.2. The summed E-state index contributed by atoms with van der Waals surface area (Å²) in [4.78, 5) is 25.2. The van der Waals surface area contributed by atoms with Crippen LogP contribution in [0.1, 0.15) is 110 Å². The van der Waals surface area contributed by atoms with E-state index in [1.54, 1.807) is 27.9 Å². The number of ether oxygens (including phenoxy) is 7. The van der Waals surface area contributed by atoms with Crippen LogP contribution in [0.5, 0.6) is 5.75 Å². The van der Waals surface area contributed by atoms with Crippen molar-refractivity contribution in [2.75, 3.05) is 14.2 Å². The van der Waals surface area contributed by atoms with Crippen LogP contribution in [0.15, 0.2) is 6.07 Å². The van der Waals surface area contributed by atoms with E-state index in [1.807, 2.05) is 13.8 Å². The number of aliphatic hydroxyl groups excluding tert-OH is 1. The van der Waals surface area contributed by atoms with Gasteiger partial charge in [0.15, 0.2) is 5.79 Å². The molecule has 1 aromatic rings. The Hall–Kier alpha value is -1.74. The van der Waals surface area contributed by atoms with Crippen LogP contribution in [-0.4, -0.2) is 107 Å². The highest BCUT2D eigenvalue weighted by Gasteiger charge is 2.64. The standard InChI is InChI=1S/C41H62Cl2O12/c1-19-14-20(2)34(23(5)37(46)47)52-29(19)15-26-16-30(49-10)24(6)41(53-26)21(3)18-40(9,55-41)31-12-13-39(8,54-31)36(45)35(50-11)25(7)51-38(48)32-22(4)27(42)17-28(43)33(32)44/h17,19-21,23-26,29-31,34-36,44-45H,12-16,18H2,1-11H3,(H,46,47)/t19-,20+,21+,23+,24-,25-,26+,29+,30-,31+,34+,35+,36+,39+,40-,41-/m0/s1. The predicted molar refractivity (Wildman–Crippen MR) is 206 cm³/mol. The Labute approximate surface area is 335 Å². The number of phenols is 1. The van der Waals surface area contributed by atoms with Crippen LogP contribution in [0, 0.1) is 36.5 Å². The number of carboxylic acid groups (broad SMARTS) is 1. The van der Waals surface area contributed by atoms with Gasteiger partial charge >= 0.3 is 11.9 Å². The van der Waals surface area contributed by atoms with E-state index < -0.39 is 65.0 Å². The number of hydrogen-bond acceptors (Lipinski definition) is 11. The van der Waals surface area contributed by atoms with Gasteiger partial charge in [-0.05, 0) is 83.8 Å². The first-order valence-corrected chi connectivity index (χ1v) is 20.4. The Bertz CT molecular complexity index is 1530. The molecule has 312 valence electrons. The van der Waals surface area contributed by atoms with Crippen molar-refractivity contribution in [1.29, 1.82) is 0 Å². The molecule has 4 aliphatic rings. The number of carbonyl (C=O) groups excluding carboxylic acids is 1. The maximum absolute atomic E-state index is 13.3. The molecule has 3 N–H and O–H groups in total. The van der Waals surface area contributed by atoms with Crippen molar-refractivity contribution >= 4 is 35.1 Å². The number of hydrogen-bond donors (Lipinski definition) is 3. The van der Waals surface area contributed by atoms with E-state index in [9.17, 15) is 24.9 Å². The molecule has 55 heavy (non-hydrogen) atoms. The summed E-state index contributed by atoms with van der Waals surface area (Å²) in [6.07, 6.45) is -0.677. The molecule has 1 spiro atoms. The molecule has 12 nitrogen and oxygen atoms in total. The molecule has 4 fully saturated rings. The average molecular weight is 818 g/mol. The molecule has 4 saturated heterocycles. The highest BCUT2D eigenvalue weighted by atomic mass is 35.5. The quantitative estimate of drug-likeness (QED) is 0.180. The third kappa shape index (κ3) is 8.41. The third-order valence-corrected chi connectivity index (χ3v) is 14.1. The van der Waals surface area contributed by atoms with Gasteiger partial charge in [-0.2, -0.15) is 0 Å². The molecule has 4 aliphatic heterocycles. The lowest BCUT2D eigenvalue weighted by atomic mass is 9.77. The molecule has 4 heterocycles. The van der Waals surface area contributed by atoms with Crippen molar-refractivity contribution in [2.45, 2.75) is 167 Å². The van der Waals surface area contributed by atoms with Gasteiger partial charge in [-0.1, -0.05) is 50.9 Å². The molecule has 0 unspecified atom stereocenters. The van der Waals surface area contributed by atoms with Gasteiger partial charge in [-0.25, -0.2) is 4.79 Å². The zero-order valence-electron chi connectivity index (χ0n) is 34.1. The zero-order valence-corrected chi connectivity index (χ0v) is 35.6. The van der Waals surface area contributed by atoms with Gasteiger partial charge in [-0.15, -0.1) is 0 Å². The lowest BCUT2D eigenvalue weighted by molar-refractivity contribution is -0.353. The van der Waals surface area contributed by atoms with Crippen molar-refractivity contribution in [1.82, 2.24) is 0 Å². The highest BCUT2D eigenvalue weighted by molar-refractivity contribution is 6.36. The zero-order chi connectivity index (χ0) is 40.9. The van der Waals surface area contributed by atoms with Crippen LogP contribution in [-0.2, 0) is 38.0 Å². The van der Waals surface area contributed by atoms with Crippen LogP contribution in [0.25, 0.3) is 0 Å². The maximum Gasteiger partial charge on any atom is 0.342 e. The van der Waals surface area contributed by atoms with Gasteiger partial charge in [0.05, 0.1) is 52.7 Å². The number of carbonyl (C=O) groups is 2. The molecular weight excluding hydrogens is 755 g/mol. The number of benzene rings is 1. The van der Waals surface area contributed by atoms with Gasteiger partial charge in [0.1, 0.15) is 29.6 Å². The van der Waals surface area contributed by atoms with Crippen molar-refractivity contribution < 1.29 is 58.1 Å². The minimum Gasteiger partial charge on any atom is -0.505 e. The smallest absolute Gasteiger partial charge is 0.342 e. The summed E-state index contributed by atoms with van der Waals surface area (Å²) in [5.41, 5.74) is -1.71. The minimum atomic E-state index is -1.21. The Morgan fingerprint density at radius 1 is 1.04 bits per heavy atom. The summed E-state index contributed by atoms with van der Waals surface area (Å²) in [7, 11) is 3.14. The van der Waals surface area contributed by atoms with Crippen molar-refractivity contribution in [2.24, 2.45) is 29.6 Å². The number of halogens is 2. The molecule has 14 heteroatoms. The summed E-state index contributed by atoms with van der Waals surface area (Å²) in [6, 6.07) is 1.35. The van der Waals surface area contributed by atoms with Gasteiger partial charge in [0, 0.05) is 43.9 Å². The highest BCUT2D eigenvalue weighted by Crippen LogP contribution is 2.56. The lowest BCUT2D eigenvalue weighted by Gasteiger charge is -2.51. The fraction of sp³-hybridized carbons (Fsp3) is 0.805. The molecule has 16 atom stereocenters. The van der Waals surface area contributed by atoms with Crippen LogP contribution >= 0.6 is 23.2 Å². The van der Waals surface area contributed by atoms with E-state index in [0.717, 1.165) is 6.42 Å². The SMILES string of the molecule is CO[C@H]([C@H](C)OC(=O)c1c(C)c(Cl)cc(Cl)c1O)[C@@H](O)[C@@]1(C)CC[C@H]([C@]2(C)C[C@@H](C)[C@]3(O[C@H](C[C@H]4O[C@@H]([C@@H](C)C(=O)O)[C@H](C)C[C@@H]4C)C[C@H](OC)[C@@H]3C)O2)O1. The summed E-state index contributed by atoms with van der Waals surface area (Å²) < 4.78 is 45.0. The van der Waals surface area contributed by atoms with Crippen LogP contribution < -0.4 is 0 Å². The van der Waals surface area contributed by atoms with Crippen molar-refractivity contribution in [3.8, 4) is 5.75 Å². The summed E-state index contributed by atoms with van der Waals surface area (Å²) >= 11 is 12.3. The normalized spacial score (nSPS) is 40.1. The van der Waals surface area contributed by atoms with Gasteiger partial charge < -0.3 is 48.5 Å². The number of aromatic hydroxyl groups is 1. The van der Waals surface area contributed by atoms with Gasteiger partial charge in [0.25, 0.3) is 0 Å². The number of methoxy groups -OCH3 is 2. The minimum absolute atomic E-state index is 0.0381. The number of phenolic OH excluding ortho intramolecular Hbond substituents is 1. The first-order chi connectivity index (χ1) is 25.6. The van der Waals surface area contributed by atoms with Gasteiger partial charge in [-0.3, -0.25) is 4.79 Å². The Morgan fingerprint density at radius 3 is 2.33 bits per heavy atom. The first-order valence-electron chi connectivity index (χ1n) is 19.7.